The molecule has 0 bridgehead atoms. The number of anilines is 1. The second-order valence-corrected chi connectivity index (χ2v) is 9.36. The van der Waals surface area contributed by atoms with Gasteiger partial charge >= 0.3 is 12.0 Å². The van der Waals surface area contributed by atoms with Crippen molar-refractivity contribution in [1.29, 1.82) is 0 Å². The Morgan fingerprint density at radius 3 is 2.45 bits per heavy atom. The van der Waals surface area contributed by atoms with E-state index >= 15 is 0 Å². The molecule has 1 N–H and O–H groups in total. The first-order valence-electron chi connectivity index (χ1n) is 11.3. The van der Waals surface area contributed by atoms with Gasteiger partial charge in [-0.3, -0.25) is 0 Å². The van der Waals surface area contributed by atoms with Crippen LogP contribution in [0.5, 0.6) is 0 Å². The second kappa shape index (κ2) is 8.73. The molecule has 7 nitrogen and oxygen atoms in total. The number of carbonyl (C=O) groups excluding carboxylic acids is 1. The molecule has 0 aliphatic carbocycles. The Hall–Kier alpha value is -2.83. The van der Waals surface area contributed by atoms with E-state index in [0.29, 0.717) is 13.1 Å². The van der Waals surface area contributed by atoms with Crippen molar-refractivity contribution in [2.45, 2.75) is 52.4 Å². The molecule has 2 aliphatic rings. The summed E-state index contributed by atoms with van der Waals surface area (Å²) in [5.74, 6) is -1.12. The van der Waals surface area contributed by atoms with Crippen LogP contribution >= 0.6 is 0 Å². The normalized spacial score (nSPS) is 18.4. The van der Waals surface area contributed by atoms with Gasteiger partial charge in [0.1, 0.15) is 0 Å². The number of likely N-dealkylation sites (tertiary alicyclic amines) is 1. The van der Waals surface area contributed by atoms with Crippen LogP contribution in [0.3, 0.4) is 0 Å². The zero-order valence-electron chi connectivity index (χ0n) is 18.5. The average Bonchev–Trinajstić information content (AvgIpc) is 3.45. The first kappa shape index (κ1) is 21.4. The Labute approximate surface area is 183 Å². The number of aromatic carboxylic acids is 1. The minimum atomic E-state index is -1.12. The summed E-state index contributed by atoms with van der Waals surface area (Å²) in [5.41, 5.74) is 4.24. The van der Waals surface area contributed by atoms with Crippen molar-refractivity contribution in [2.24, 2.45) is 5.41 Å². The molecule has 1 amide bonds. The van der Waals surface area contributed by atoms with Crippen LogP contribution in [-0.4, -0.2) is 58.0 Å². The van der Waals surface area contributed by atoms with Gasteiger partial charge in [0.2, 0.25) is 0 Å². The molecule has 166 valence electrons. The molecule has 1 aromatic carbocycles. The Balaban J connectivity index is 1.36. The lowest BCUT2D eigenvalue weighted by atomic mass is 9.76. The molecule has 3 heterocycles. The highest BCUT2D eigenvalue weighted by Crippen LogP contribution is 2.37. The van der Waals surface area contributed by atoms with Gasteiger partial charge < -0.3 is 14.9 Å². The number of piperidine rings is 1. The smallest absolute Gasteiger partial charge is 0.356 e. The summed E-state index contributed by atoms with van der Waals surface area (Å²) in [6.07, 6.45) is 8.02. The number of hydrogen-bond acceptors (Lipinski definition) is 4. The predicted octanol–water partition coefficient (Wildman–Crippen LogP) is 4.19. The SMILES string of the molecule is Cc1ccc(CCC2(C)CCN(C(=O)n3ccc(C(=O)O)n3)CC2)c(N2CCCC2)c1. The van der Waals surface area contributed by atoms with E-state index in [0.717, 1.165) is 43.5 Å². The van der Waals surface area contributed by atoms with Crippen LogP contribution < -0.4 is 4.90 Å². The summed E-state index contributed by atoms with van der Waals surface area (Å²) in [5, 5.41) is 12.9. The van der Waals surface area contributed by atoms with E-state index in [1.54, 1.807) is 4.90 Å². The Morgan fingerprint density at radius 1 is 1.10 bits per heavy atom. The third-order valence-corrected chi connectivity index (χ3v) is 6.93. The molecule has 0 saturated carbocycles. The Morgan fingerprint density at radius 2 is 1.81 bits per heavy atom. The molecule has 0 atom stereocenters. The maximum absolute atomic E-state index is 12.7. The summed E-state index contributed by atoms with van der Waals surface area (Å²) in [4.78, 5) is 28.0. The highest BCUT2D eigenvalue weighted by atomic mass is 16.4. The van der Waals surface area contributed by atoms with E-state index in [2.05, 4.69) is 42.0 Å². The Bertz CT molecular complexity index is 953. The number of aromatic nitrogens is 2. The van der Waals surface area contributed by atoms with Crippen LogP contribution in [-0.2, 0) is 6.42 Å². The van der Waals surface area contributed by atoms with Crippen LogP contribution in [0.2, 0.25) is 0 Å². The van der Waals surface area contributed by atoms with Gasteiger partial charge in [-0.2, -0.15) is 9.78 Å². The molecular formula is C24H32N4O3. The molecule has 0 unspecified atom stereocenters. The molecule has 1 aromatic heterocycles. The summed E-state index contributed by atoms with van der Waals surface area (Å²) >= 11 is 0. The van der Waals surface area contributed by atoms with E-state index in [-0.39, 0.29) is 17.1 Å². The van der Waals surface area contributed by atoms with Crippen molar-refractivity contribution in [3.8, 4) is 0 Å². The highest BCUT2D eigenvalue weighted by Gasteiger charge is 2.32. The van der Waals surface area contributed by atoms with Gasteiger partial charge in [-0.05, 0) is 74.1 Å². The third-order valence-electron chi connectivity index (χ3n) is 6.93. The van der Waals surface area contributed by atoms with Gasteiger partial charge in [0.15, 0.2) is 5.69 Å². The van der Waals surface area contributed by atoms with Crippen LogP contribution in [0.4, 0.5) is 10.5 Å². The van der Waals surface area contributed by atoms with Crippen LogP contribution in [0.15, 0.2) is 30.5 Å². The average molecular weight is 425 g/mol. The minimum Gasteiger partial charge on any atom is -0.476 e. The molecule has 31 heavy (non-hydrogen) atoms. The van der Waals surface area contributed by atoms with Gasteiger partial charge in [-0.1, -0.05) is 19.1 Å². The summed E-state index contributed by atoms with van der Waals surface area (Å²) in [6, 6.07) is 7.95. The van der Waals surface area contributed by atoms with E-state index in [1.807, 2.05) is 0 Å². The standard InChI is InChI=1S/C24H32N4O3/c1-18-5-6-19(21(17-18)26-12-3-4-13-26)7-9-24(2)10-15-27(16-11-24)23(31)28-14-8-20(25-28)22(29)30/h5-6,8,14,17H,3-4,7,9-13,15-16H2,1-2H3,(H,29,30). The van der Waals surface area contributed by atoms with E-state index < -0.39 is 5.97 Å². The van der Waals surface area contributed by atoms with Crippen molar-refractivity contribution >= 4 is 17.7 Å². The monoisotopic (exact) mass is 424 g/mol. The van der Waals surface area contributed by atoms with Crippen molar-refractivity contribution in [1.82, 2.24) is 14.7 Å². The van der Waals surface area contributed by atoms with Gasteiger partial charge in [0.05, 0.1) is 0 Å². The maximum Gasteiger partial charge on any atom is 0.356 e. The fourth-order valence-electron chi connectivity index (χ4n) is 4.75. The Kier molecular flexibility index (Phi) is 6.03. The summed E-state index contributed by atoms with van der Waals surface area (Å²) < 4.78 is 1.14. The number of carboxylic acids is 1. The van der Waals surface area contributed by atoms with Crippen molar-refractivity contribution in [3.63, 3.8) is 0 Å². The fraction of sp³-hybridized carbons (Fsp3) is 0.542. The quantitative estimate of drug-likeness (QED) is 0.779. The lowest BCUT2D eigenvalue weighted by molar-refractivity contribution is 0.0689. The molecule has 7 heteroatoms. The molecule has 2 aromatic rings. The lowest BCUT2D eigenvalue weighted by Gasteiger charge is -2.39. The second-order valence-electron chi connectivity index (χ2n) is 9.36. The van der Waals surface area contributed by atoms with Gasteiger partial charge in [-0.25, -0.2) is 9.59 Å². The molecule has 0 radical (unpaired) electrons. The first-order chi connectivity index (χ1) is 14.8. The number of carboxylic acid groups (broad SMARTS) is 1. The zero-order valence-corrected chi connectivity index (χ0v) is 18.5. The number of nitrogens with zero attached hydrogens (tertiary/aromatic N) is 4. The molecule has 2 saturated heterocycles. The van der Waals surface area contributed by atoms with Gasteiger partial charge in [-0.15, -0.1) is 0 Å². The molecule has 0 spiro atoms. The number of rotatable bonds is 5. The largest absolute Gasteiger partial charge is 0.476 e. The molecular weight excluding hydrogens is 392 g/mol. The van der Waals surface area contributed by atoms with E-state index in [9.17, 15) is 9.59 Å². The maximum atomic E-state index is 12.7. The fourth-order valence-corrected chi connectivity index (χ4v) is 4.75. The highest BCUT2D eigenvalue weighted by molar-refractivity contribution is 5.86. The zero-order chi connectivity index (χ0) is 22.0. The minimum absolute atomic E-state index is 0.109. The number of carbonyl (C=O) groups is 2. The first-order valence-corrected chi connectivity index (χ1v) is 11.3. The van der Waals surface area contributed by atoms with Crippen LogP contribution in [0.25, 0.3) is 0 Å². The van der Waals surface area contributed by atoms with Crippen LogP contribution in [0.1, 0.15) is 60.6 Å². The molecule has 2 aliphatic heterocycles. The summed E-state index contributed by atoms with van der Waals surface area (Å²) in [7, 11) is 0. The number of amides is 1. The molecule has 4 rings (SSSR count). The van der Waals surface area contributed by atoms with Crippen molar-refractivity contribution in [2.75, 3.05) is 31.1 Å². The predicted molar refractivity (Wildman–Crippen MR) is 120 cm³/mol. The van der Waals surface area contributed by atoms with E-state index in [1.165, 1.54) is 41.9 Å². The van der Waals surface area contributed by atoms with Gasteiger partial charge in [0, 0.05) is 38.1 Å². The third kappa shape index (κ3) is 4.75. The lowest BCUT2D eigenvalue weighted by Crippen LogP contribution is -2.44. The number of hydrogen-bond donors (Lipinski definition) is 1. The number of aryl methyl sites for hydroxylation is 2. The van der Waals surface area contributed by atoms with Crippen LogP contribution in [0, 0.1) is 12.3 Å². The molecule has 2 fully saturated rings. The summed E-state index contributed by atoms with van der Waals surface area (Å²) in [6.45, 7) is 8.14. The van der Waals surface area contributed by atoms with E-state index in [4.69, 9.17) is 5.11 Å². The van der Waals surface area contributed by atoms with Gasteiger partial charge in [0.25, 0.3) is 0 Å². The van der Waals surface area contributed by atoms with Crippen molar-refractivity contribution in [3.05, 3.63) is 47.3 Å². The number of benzene rings is 1. The topological polar surface area (TPSA) is 78.7 Å². The van der Waals surface area contributed by atoms with Crippen molar-refractivity contribution < 1.29 is 14.7 Å².